The highest BCUT2D eigenvalue weighted by atomic mass is 16.8. The number of aliphatic hydroxyl groups is 1. The lowest BCUT2D eigenvalue weighted by Crippen LogP contribution is -2.55. The van der Waals surface area contributed by atoms with Crippen LogP contribution in [0.15, 0.2) is 0 Å². The first kappa shape index (κ1) is 10.8. The molecule has 1 N–H and O–H groups in total. The zero-order valence-corrected chi connectivity index (χ0v) is 10.4. The molecule has 0 radical (unpaired) electrons. The molecule has 3 heteroatoms. The van der Waals surface area contributed by atoms with Gasteiger partial charge in [-0.05, 0) is 38.5 Å². The van der Waals surface area contributed by atoms with Crippen LogP contribution in [-0.4, -0.2) is 22.3 Å². The molecule has 2 aliphatic heterocycles. The molecule has 4 aliphatic rings. The Bertz CT molecular complexity index is 340. The summed E-state index contributed by atoms with van der Waals surface area (Å²) in [5.74, 6) is -0.871. The van der Waals surface area contributed by atoms with Gasteiger partial charge in [-0.25, -0.2) is 0 Å². The van der Waals surface area contributed by atoms with Gasteiger partial charge in [0.2, 0.25) is 0 Å². The van der Waals surface area contributed by atoms with Gasteiger partial charge in [-0.3, -0.25) is 0 Å². The minimum atomic E-state index is -0.975. The second kappa shape index (κ2) is 3.25. The fourth-order valence-electron chi connectivity index (χ4n) is 4.71. The van der Waals surface area contributed by atoms with E-state index in [1.807, 2.05) is 0 Å². The second-order valence-electron chi connectivity index (χ2n) is 6.48. The van der Waals surface area contributed by atoms with E-state index in [4.69, 9.17) is 9.47 Å². The third-order valence-electron chi connectivity index (χ3n) is 5.61. The Labute approximate surface area is 102 Å². The molecule has 4 rings (SSSR count). The van der Waals surface area contributed by atoms with E-state index in [0.717, 1.165) is 32.1 Å². The molecule has 0 aromatic rings. The lowest BCUT2D eigenvalue weighted by atomic mass is 9.71. The molecule has 17 heavy (non-hydrogen) atoms. The summed E-state index contributed by atoms with van der Waals surface area (Å²) >= 11 is 0. The van der Waals surface area contributed by atoms with E-state index in [9.17, 15) is 5.11 Å². The first-order chi connectivity index (χ1) is 8.18. The summed E-state index contributed by atoms with van der Waals surface area (Å²) in [7, 11) is 0. The molecule has 3 nitrogen and oxygen atoms in total. The number of hydrogen-bond donors (Lipinski definition) is 1. The van der Waals surface area contributed by atoms with Gasteiger partial charge in [0.1, 0.15) is 5.60 Å². The van der Waals surface area contributed by atoms with Crippen molar-refractivity contribution in [1.29, 1.82) is 0 Å². The third kappa shape index (κ3) is 1.23. The molecule has 0 aromatic heterocycles. The Kier molecular flexibility index (Phi) is 2.06. The smallest absolute Gasteiger partial charge is 0.198 e. The van der Waals surface area contributed by atoms with E-state index in [2.05, 4.69) is 0 Å². The molecule has 0 amide bonds. The fourth-order valence-corrected chi connectivity index (χ4v) is 4.71. The molecule has 2 heterocycles. The van der Waals surface area contributed by atoms with Gasteiger partial charge in [-0.1, -0.05) is 12.8 Å². The standard InChI is InChI=1S/C14H22O3/c15-14-9-4-3-7-12(14)10-6-11-5-1-2-8-13(11,16-12)17-14/h11,15H,1-10H2/t11-,12+,13+,14+/m1/s1. The highest BCUT2D eigenvalue weighted by Gasteiger charge is 2.70. The Morgan fingerprint density at radius 1 is 0.824 bits per heavy atom. The minimum Gasteiger partial charge on any atom is -0.363 e. The zero-order valence-electron chi connectivity index (χ0n) is 10.4. The van der Waals surface area contributed by atoms with E-state index in [0.29, 0.717) is 5.92 Å². The molecule has 0 unspecified atom stereocenters. The molecule has 2 aliphatic carbocycles. The van der Waals surface area contributed by atoms with E-state index in [-0.39, 0.29) is 5.60 Å². The zero-order chi connectivity index (χ0) is 11.6. The maximum absolute atomic E-state index is 10.9. The van der Waals surface area contributed by atoms with Crippen molar-refractivity contribution in [3.63, 3.8) is 0 Å². The summed E-state index contributed by atoms with van der Waals surface area (Å²) in [6.07, 6.45) is 10.9. The third-order valence-corrected chi connectivity index (χ3v) is 5.61. The van der Waals surface area contributed by atoms with E-state index < -0.39 is 11.6 Å². The monoisotopic (exact) mass is 238 g/mol. The Hall–Kier alpha value is -0.120. The lowest BCUT2D eigenvalue weighted by molar-refractivity contribution is -0.280. The summed E-state index contributed by atoms with van der Waals surface area (Å²) in [6.45, 7) is 0. The molecule has 2 bridgehead atoms. The van der Waals surface area contributed by atoms with Gasteiger partial charge in [0.25, 0.3) is 0 Å². The highest BCUT2D eigenvalue weighted by molar-refractivity contribution is 5.10. The molecular formula is C14H22O3. The fraction of sp³-hybridized carbons (Fsp3) is 1.00. The van der Waals surface area contributed by atoms with Gasteiger partial charge in [-0.15, -0.1) is 0 Å². The van der Waals surface area contributed by atoms with Crippen LogP contribution in [0.4, 0.5) is 0 Å². The summed E-state index contributed by atoms with van der Waals surface area (Å²) in [6, 6.07) is 0. The molecule has 2 spiro atoms. The first-order valence-electron chi connectivity index (χ1n) is 7.31. The van der Waals surface area contributed by atoms with Gasteiger partial charge >= 0.3 is 0 Å². The Morgan fingerprint density at radius 2 is 1.65 bits per heavy atom. The van der Waals surface area contributed by atoms with Crippen molar-refractivity contribution in [2.75, 3.05) is 0 Å². The molecule has 4 atom stereocenters. The topological polar surface area (TPSA) is 38.7 Å². The second-order valence-corrected chi connectivity index (χ2v) is 6.48. The molecule has 2 saturated heterocycles. The van der Waals surface area contributed by atoms with Crippen LogP contribution in [-0.2, 0) is 9.47 Å². The maximum Gasteiger partial charge on any atom is 0.198 e. The summed E-state index contributed by atoms with van der Waals surface area (Å²) < 4.78 is 12.6. The molecule has 2 saturated carbocycles. The van der Waals surface area contributed by atoms with Crippen molar-refractivity contribution in [2.24, 2.45) is 5.92 Å². The molecule has 0 aromatic carbocycles. The summed E-state index contributed by atoms with van der Waals surface area (Å²) in [5.41, 5.74) is -0.362. The van der Waals surface area contributed by atoms with Crippen molar-refractivity contribution >= 4 is 0 Å². The van der Waals surface area contributed by atoms with Gasteiger partial charge in [0.05, 0.1) is 0 Å². The van der Waals surface area contributed by atoms with Crippen LogP contribution >= 0.6 is 0 Å². The summed E-state index contributed by atoms with van der Waals surface area (Å²) in [5, 5.41) is 10.9. The first-order valence-corrected chi connectivity index (χ1v) is 7.31. The van der Waals surface area contributed by atoms with Crippen LogP contribution in [0, 0.1) is 5.92 Å². The normalized spacial score (nSPS) is 57.4. The van der Waals surface area contributed by atoms with Gasteiger partial charge in [0, 0.05) is 18.8 Å². The predicted octanol–water partition coefficient (Wildman–Crippen LogP) is 2.71. The van der Waals surface area contributed by atoms with E-state index in [1.165, 1.54) is 32.1 Å². The van der Waals surface area contributed by atoms with Crippen molar-refractivity contribution < 1.29 is 14.6 Å². The van der Waals surface area contributed by atoms with Crippen LogP contribution in [0.3, 0.4) is 0 Å². The van der Waals surface area contributed by atoms with Gasteiger partial charge in [0.15, 0.2) is 11.6 Å². The van der Waals surface area contributed by atoms with E-state index in [1.54, 1.807) is 0 Å². The SMILES string of the molecule is O[C@]12CCCC[C@]13CC[C@H]1CCCC[C@]1(O3)O2. The van der Waals surface area contributed by atoms with Crippen molar-refractivity contribution in [1.82, 2.24) is 0 Å². The highest BCUT2D eigenvalue weighted by Crippen LogP contribution is 2.62. The predicted molar refractivity (Wildman–Crippen MR) is 62.2 cm³/mol. The number of hydrogen-bond acceptors (Lipinski definition) is 3. The maximum atomic E-state index is 10.9. The van der Waals surface area contributed by atoms with Gasteiger partial charge < -0.3 is 14.6 Å². The molecular weight excluding hydrogens is 216 g/mol. The number of ether oxygens (including phenoxy) is 2. The van der Waals surface area contributed by atoms with Crippen LogP contribution in [0.1, 0.15) is 64.2 Å². The number of rotatable bonds is 0. The molecule has 4 fully saturated rings. The van der Waals surface area contributed by atoms with Crippen LogP contribution in [0.25, 0.3) is 0 Å². The van der Waals surface area contributed by atoms with Crippen LogP contribution in [0.2, 0.25) is 0 Å². The summed E-state index contributed by atoms with van der Waals surface area (Å²) in [4.78, 5) is 0. The Morgan fingerprint density at radius 3 is 2.59 bits per heavy atom. The van der Waals surface area contributed by atoms with Crippen molar-refractivity contribution in [3.8, 4) is 0 Å². The van der Waals surface area contributed by atoms with Crippen molar-refractivity contribution in [3.05, 3.63) is 0 Å². The lowest BCUT2D eigenvalue weighted by Gasteiger charge is -2.47. The molecule has 96 valence electrons. The van der Waals surface area contributed by atoms with Crippen LogP contribution in [0.5, 0.6) is 0 Å². The minimum absolute atomic E-state index is 0.362. The largest absolute Gasteiger partial charge is 0.363 e. The average molecular weight is 238 g/mol. The Balaban J connectivity index is 1.75. The van der Waals surface area contributed by atoms with E-state index >= 15 is 0 Å². The van der Waals surface area contributed by atoms with Crippen molar-refractivity contribution in [2.45, 2.75) is 81.4 Å². The van der Waals surface area contributed by atoms with Crippen LogP contribution < -0.4 is 0 Å². The average Bonchev–Trinajstić information content (AvgIpc) is 2.52. The van der Waals surface area contributed by atoms with Gasteiger partial charge in [-0.2, -0.15) is 0 Å². The quantitative estimate of drug-likeness (QED) is 0.705.